The monoisotopic (exact) mass is 235 g/mol. The van der Waals surface area contributed by atoms with Gasteiger partial charge in [-0.25, -0.2) is 0 Å². The Morgan fingerprint density at radius 1 is 1.62 bits per heavy atom. The van der Waals surface area contributed by atoms with Crippen molar-refractivity contribution < 1.29 is 4.79 Å². The van der Waals surface area contributed by atoms with Crippen molar-refractivity contribution in [2.75, 3.05) is 5.32 Å². The van der Waals surface area contributed by atoms with E-state index in [9.17, 15) is 4.79 Å². The summed E-state index contributed by atoms with van der Waals surface area (Å²) in [7, 11) is 1.82. The van der Waals surface area contributed by atoms with Crippen molar-refractivity contribution >= 4 is 28.5 Å². The van der Waals surface area contributed by atoms with Gasteiger partial charge in [-0.15, -0.1) is 10.2 Å². The van der Waals surface area contributed by atoms with Crippen LogP contribution in [-0.2, 0) is 11.8 Å². The first kappa shape index (κ1) is 10.5. The van der Waals surface area contributed by atoms with Gasteiger partial charge in [0.1, 0.15) is 5.51 Å². The fourth-order valence-corrected chi connectivity index (χ4v) is 1.52. The molecule has 7 heteroatoms. The third-order valence-corrected chi connectivity index (χ3v) is 2.35. The Bertz CT molecular complexity index is 502. The fourth-order valence-electron chi connectivity index (χ4n) is 1.07. The second-order valence-electron chi connectivity index (χ2n) is 3.01. The van der Waals surface area contributed by atoms with E-state index in [-0.39, 0.29) is 5.91 Å². The molecule has 0 fully saturated rings. The van der Waals surface area contributed by atoms with Crippen molar-refractivity contribution in [3.05, 3.63) is 29.5 Å². The summed E-state index contributed by atoms with van der Waals surface area (Å²) in [4.78, 5) is 11.4. The van der Waals surface area contributed by atoms with E-state index in [0.717, 1.165) is 5.56 Å². The van der Waals surface area contributed by atoms with Gasteiger partial charge in [0.05, 0.1) is 6.20 Å². The summed E-state index contributed by atoms with van der Waals surface area (Å²) in [6, 6.07) is 0. The lowest BCUT2D eigenvalue weighted by Gasteiger charge is -1.92. The van der Waals surface area contributed by atoms with Gasteiger partial charge in [-0.1, -0.05) is 11.3 Å². The smallest absolute Gasteiger partial charge is 0.250 e. The number of aromatic nitrogens is 4. The van der Waals surface area contributed by atoms with Crippen LogP contribution in [0.3, 0.4) is 0 Å². The molecule has 1 amide bonds. The van der Waals surface area contributed by atoms with E-state index in [1.165, 1.54) is 17.4 Å². The van der Waals surface area contributed by atoms with E-state index < -0.39 is 0 Å². The molecule has 0 atom stereocenters. The Hall–Kier alpha value is -2.02. The average molecular weight is 235 g/mol. The SMILES string of the molecule is Cn1cc(/C=C\C(=O)Nc2nncs2)cn1. The topological polar surface area (TPSA) is 72.7 Å². The predicted molar refractivity (Wildman–Crippen MR) is 60.8 cm³/mol. The highest BCUT2D eigenvalue weighted by Gasteiger charge is 2.00. The van der Waals surface area contributed by atoms with E-state index in [1.807, 2.05) is 13.2 Å². The van der Waals surface area contributed by atoms with E-state index in [4.69, 9.17) is 0 Å². The number of anilines is 1. The number of hydrogen-bond donors (Lipinski definition) is 1. The molecule has 0 saturated heterocycles. The largest absolute Gasteiger partial charge is 0.297 e. The minimum absolute atomic E-state index is 0.236. The minimum atomic E-state index is -0.236. The van der Waals surface area contributed by atoms with Gasteiger partial charge in [-0.2, -0.15) is 5.10 Å². The summed E-state index contributed by atoms with van der Waals surface area (Å²) in [5, 5.41) is 14.4. The zero-order valence-corrected chi connectivity index (χ0v) is 9.31. The van der Waals surface area contributed by atoms with Crippen LogP contribution in [0.15, 0.2) is 24.0 Å². The maximum atomic E-state index is 11.4. The van der Waals surface area contributed by atoms with Crippen LogP contribution in [0.25, 0.3) is 6.08 Å². The van der Waals surface area contributed by atoms with Crippen LogP contribution in [0.2, 0.25) is 0 Å². The van der Waals surface area contributed by atoms with Gasteiger partial charge in [0, 0.05) is 24.9 Å². The molecular formula is C9H9N5OS. The fraction of sp³-hybridized carbons (Fsp3) is 0.111. The van der Waals surface area contributed by atoms with Gasteiger partial charge in [-0.3, -0.25) is 14.8 Å². The summed E-state index contributed by atoms with van der Waals surface area (Å²) in [6.45, 7) is 0. The van der Waals surface area contributed by atoms with Crippen molar-refractivity contribution in [2.24, 2.45) is 7.05 Å². The van der Waals surface area contributed by atoms with Crippen molar-refractivity contribution in [1.82, 2.24) is 20.0 Å². The van der Waals surface area contributed by atoms with E-state index in [0.29, 0.717) is 5.13 Å². The van der Waals surface area contributed by atoms with E-state index in [2.05, 4.69) is 20.6 Å². The second kappa shape index (κ2) is 4.67. The van der Waals surface area contributed by atoms with Gasteiger partial charge in [-0.05, 0) is 6.08 Å². The molecule has 1 N–H and O–H groups in total. The number of hydrogen-bond acceptors (Lipinski definition) is 5. The Morgan fingerprint density at radius 2 is 2.50 bits per heavy atom. The molecule has 6 nitrogen and oxygen atoms in total. The number of aryl methyl sites for hydroxylation is 1. The molecule has 2 rings (SSSR count). The third kappa shape index (κ3) is 2.74. The van der Waals surface area contributed by atoms with E-state index >= 15 is 0 Å². The maximum Gasteiger partial charge on any atom is 0.250 e. The summed E-state index contributed by atoms with van der Waals surface area (Å²) < 4.78 is 1.67. The van der Waals surface area contributed by atoms with Crippen LogP contribution < -0.4 is 5.32 Å². The Morgan fingerprint density at radius 3 is 3.12 bits per heavy atom. The molecule has 0 aliphatic heterocycles. The van der Waals surface area contributed by atoms with Crippen LogP contribution in [-0.4, -0.2) is 25.9 Å². The first-order valence-electron chi connectivity index (χ1n) is 4.48. The van der Waals surface area contributed by atoms with Crippen molar-refractivity contribution in [1.29, 1.82) is 0 Å². The summed E-state index contributed by atoms with van der Waals surface area (Å²) in [5.74, 6) is -0.236. The molecule has 0 aliphatic carbocycles. The third-order valence-electron chi connectivity index (χ3n) is 1.74. The van der Waals surface area contributed by atoms with Crippen LogP contribution in [0, 0.1) is 0 Å². The lowest BCUT2D eigenvalue weighted by Crippen LogP contribution is -2.07. The quantitative estimate of drug-likeness (QED) is 0.803. The molecule has 0 unspecified atom stereocenters. The first-order chi connectivity index (χ1) is 7.74. The number of nitrogens with one attached hydrogen (secondary N) is 1. The summed E-state index contributed by atoms with van der Waals surface area (Å²) in [6.07, 6.45) is 6.60. The van der Waals surface area contributed by atoms with Crippen molar-refractivity contribution in [3.63, 3.8) is 0 Å². The molecule has 2 heterocycles. The average Bonchev–Trinajstić information content (AvgIpc) is 2.87. The molecule has 0 spiro atoms. The normalized spacial score (nSPS) is 10.8. The molecule has 2 aromatic heterocycles. The van der Waals surface area contributed by atoms with Crippen LogP contribution in [0.5, 0.6) is 0 Å². The lowest BCUT2D eigenvalue weighted by molar-refractivity contribution is -0.111. The highest BCUT2D eigenvalue weighted by atomic mass is 32.1. The second-order valence-corrected chi connectivity index (χ2v) is 3.85. The Balaban J connectivity index is 1.94. The Kier molecular flexibility index (Phi) is 3.06. The molecule has 2 aromatic rings. The van der Waals surface area contributed by atoms with Crippen LogP contribution >= 0.6 is 11.3 Å². The standard InChI is InChI=1S/C9H9N5OS/c1-14-5-7(4-11-14)2-3-8(15)12-9-13-10-6-16-9/h2-6H,1H3,(H,12,13,15)/b3-2-. The van der Waals surface area contributed by atoms with E-state index in [1.54, 1.807) is 22.5 Å². The zero-order valence-electron chi connectivity index (χ0n) is 8.49. The summed E-state index contributed by atoms with van der Waals surface area (Å²) in [5.41, 5.74) is 2.43. The molecule has 82 valence electrons. The summed E-state index contributed by atoms with van der Waals surface area (Å²) >= 11 is 1.27. The van der Waals surface area contributed by atoms with Crippen molar-refractivity contribution in [2.45, 2.75) is 0 Å². The highest BCUT2D eigenvalue weighted by molar-refractivity contribution is 7.13. The van der Waals surface area contributed by atoms with Crippen molar-refractivity contribution in [3.8, 4) is 0 Å². The van der Waals surface area contributed by atoms with Gasteiger partial charge in [0.15, 0.2) is 0 Å². The zero-order chi connectivity index (χ0) is 11.4. The maximum absolute atomic E-state index is 11.4. The minimum Gasteiger partial charge on any atom is -0.297 e. The number of amides is 1. The molecule has 16 heavy (non-hydrogen) atoms. The van der Waals surface area contributed by atoms with Crippen LogP contribution in [0.4, 0.5) is 5.13 Å². The van der Waals surface area contributed by atoms with Gasteiger partial charge >= 0.3 is 0 Å². The molecular weight excluding hydrogens is 226 g/mol. The van der Waals surface area contributed by atoms with Gasteiger partial charge in [0.2, 0.25) is 11.0 Å². The molecule has 0 radical (unpaired) electrons. The number of nitrogens with zero attached hydrogens (tertiary/aromatic N) is 4. The van der Waals surface area contributed by atoms with Gasteiger partial charge < -0.3 is 0 Å². The molecule has 0 aliphatic rings. The lowest BCUT2D eigenvalue weighted by atomic mass is 10.3. The van der Waals surface area contributed by atoms with Gasteiger partial charge in [0.25, 0.3) is 0 Å². The first-order valence-corrected chi connectivity index (χ1v) is 5.36. The Labute approximate surface area is 95.6 Å². The predicted octanol–water partition coefficient (Wildman–Crippen LogP) is 0.923. The number of carbonyl (C=O) groups is 1. The van der Waals surface area contributed by atoms with Crippen LogP contribution in [0.1, 0.15) is 5.56 Å². The molecule has 0 bridgehead atoms. The number of rotatable bonds is 3. The number of carbonyl (C=O) groups excluding carboxylic acids is 1. The highest BCUT2D eigenvalue weighted by Crippen LogP contribution is 2.08. The molecule has 0 saturated carbocycles. The molecule has 0 aromatic carbocycles.